The Kier molecular flexibility index (Phi) is 6.50. The number of amides is 1. The zero-order chi connectivity index (χ0) is 16.7. The Morgan fingerprint density at radius 3 is 2.52 bits per heavy atom. The normalized spacial score (nSPS) is 10.2. The molecule has 0 aliphatic rings. The number of hydrogen-bond donors (Lipinski definition) is 1. The largest absolute Gasteiger partial charge is 0.465 e. The lowest BCUT2D eigenvalue weighted by atomic mass is 10.2. The maximum Gasteiger partial charge on any atom is 0.339 e. The molecule has 0 aliphatic heterocycles. The SMILES string of the molecule is COC(=O)c1ccccc1NC(=O)CCSc1ccc(Cl)cc1. The van der Waals surface area contributed by atoms with Gasteiger partial charge in [-0.3, -0.25) is 4.79 Å². The fraction of sp³-hybridized carbons (Fsp3) is 0.176. The molecule has 0 saturated carbocycles. The van der Waals surface area contributed by atoms with E-state index in [1.54, 1.807) is 36.0 Å². The predicted molar refractivity (Wildman–Crippen MR) is 93.2 cm³/mol. The second-order valence-electron chi connectivity index (χ2n) is 4.64. The number of nitrogens with one attached hydrogen (secondary N) is 1. The maximum atomic E-state index is 12.0. The fourth-order valence-corrected chi connectivity index (χ4v) is 2.86. The van der Waals surface area contributed by atoms with Crippen LogP contribution in [0.4, 0.5) is 5.69 Å². The van der Waals surface area contributed by atoms with Gasteiger partial charge in [-0.2, -0.15) is 0 Å². The number of ether oxygens (including phenoxy) is 1. The Balaban J connectivity index is 1.88. The number of methoxy groups -OCH3 is 1. The number of rotatable bonds is 6. The Hall–Kier alpha value is -1.98. The van der Waals surface area contributed by atoms with Gasteiger partial charge in [-0.05, 0) is 36.4 Å². The molecule has 23 heavy (non-hydrogen) atoms. The van der Waals surface area contributed by atoms with E-state index in [1.165, 1.54) is 7.11 Å². The van der Waals surface area contributed by atoms with Gasteiger partial charge < -0.3 is 10.1 Å². The van der Waals surface area contributed by atoms with E-state index in [9.17, 15) is 9.59 Å². The van der Waals surface area contributed by atoms with Gasteiger partial charge in [0.15, 0.2) is 0 Å². The summed E-state index contributed by atoms with van der Waals surface area (Å²) in [5.74, 6) is 0.00711. The summed E-state index contributed by atoms with van der Waals surface area (Å²) in [6.07, 6.45) is 0.336. The molecule has 120 valence electrons. The molecule has 0 unspecified atom stereocenters. The zero-order valence-electron chi connectivity index (χ0n) is 12.5. The van der Waals surface area contributed by atoms with Crippen LogP contribution in [0.25, 0.3) is 0 Å². The maximum absolute atomic E-state index is 12.0. The van der Waals surface area contributed by atoms with Crippen LogP contribution in [0, 0.1) is 0 Å². The van der Waals surface area contributed by atoms with Crippen molar-refractivity contribution in [2.75, 3.05) is 18.2 Å². The third kappa shape index (κ3) is 5.30. The van der Waals surface area contributed by atoms with E-state index in [0.717, 1.165) is 4.90 Å². The molecule has 6 heteroatoms. The smallest absolute Gasteiger partial charge is 0.339 e. The van der Waals surface area contributed by atoms with Gasteiger partial charge in [0.1, 0.15) is 0 Å². The lowest BCUT2D eigenvalue weighted by Gasteiger charge is -2.09. The first kappa shape index (κ1) is 17.4. The number of para-hydroxylation sites is 1. The van der Waals surface area contributed by atoms with E-state index in [2.05, 4.69) is 5.32 Å². The summed E-state index contributed by atoms with van der Waals surface area (Å²) in [7, 11) is 1.31. The summed E-state index contributed by atoms with van der Waals surface area (Å²) in [4.78, 5) is 24.7. The Bertz CT molecular complexity index is 688. The molecular weight excluding hydrogens is 334 g/mol. The Morgan fingerprint density at radius 1 is 1.13 bits per heavy atom. The number of halogens is 1. The third-order valence-corrected chi connectivity index (χ3v) is 4.28. The van der Waals surface area contributed by atoms with E-state index in [-0.39, 0.29) is 5.91 Å². The van der Waals surface area contributed by atoms with Crippen molar-refractivity contribution >= 4 is 40.9 Å². The highest BCUT2D eigenvalue weighted by Gasteiger charge is 2.13. The predicted octanol–water partition coefficient (Wildman–Crippen LogP) is 4.25. The Morgan fingerprint density at radius 2 is 1.83 bits per heavy atom. The van der Waals surface area contributed by atoms with Crippen LogP contribution in [0.2, 0.25) is 5.02 Å². The molecule has 0 saturated heterocycles. The highest BCUT2D eigenvalue weighted by Crippen LogP contribution is 2.21. The van der Waals surface area contributed by atoms with Crippen molar-refractivity contribution in [2.45, 2.75) is 11.3 Å². The summed E-state index contributed by atoms with van der Waals surface area (Å²) < 4.78 is 4.70. The number of benzene rings is 2. The molecule has 1 amide bonds. The molecule has 4 nitrogen and oxygen atoms in total. The number of carbonyl (C=O) groups is 2. The summed E-state index contributed by atoms with van der Waals surface area (Å²) in [6, 6.07) is 14.2. The van der Waals surface area contributed by atoms with Crippen molar-refractivity contribution in [2.24, 2.45) is 0 Å². The van der Waals surface area contributed by atoms with Crippen LogP contribution >= 0.6 is 23.4 Å². The molecule has 0 aromatic heterocycles. The summed E-state index contributed by atoms with van der Waals surface area (Å²) in [5, 5.41) is 3.43. The molecular formula is C17H16ClNO3S. The van der Waals surface area contributed by atoms with Crippen LogP contribution in [-0.4, -0.2) is 24.7 Å². The van der Waals surface area contributed by atoms with Crippen LogP contribution in [0.15, 0.2) is 53.4 Å². The number of hydrogen-bond acceptors (Lipinski definition) is 4. The van der Waals surface area contributed by atoms with Crippen molar-refractivity contribution in [3.63, 3.8) is 0 Å². The van der Waals surface area contributed by atoms with Gasteiger partial charge in [0.2, 0.25) is 5.91 Å². The van der Waals surface area contributed by atoms with Crippen LogP contribution in [0.3, 0.4) is 0 Å². The van der Waals surface area contributed by atoms with Crippen molar-refractivity contribution in [3.8, 4) is 0 Å². The first-order chi connectivity index (χ1) is 11.1. The van der Waals surface area contributed by atoms with Crippen molar-refractivity contribution < 1.29 is 14.3 Å². The molecule has 2 aromatic carbocycles. The van der Waals surface area contributed by atoms with E-state index in [4.69, 9.17) is 16.3 Å². The molecule has 0 spiro atoms. The molecule has 0 bridgehead atoms. The van der Waals surface area contributed by atoms with Gasteiger partial charge in [0.25, 0.3) is 0 Å². The first-order valence-corrected chi connectivity index (χ1v) is 8.32. The summed E-state index contributed by atoms with van der Waals surface area (Å²) >= 11 is 7.40. The monoisotopic (exact) mass is 349 g/mol. The lowest BCUT2D eigenvalue weighted by Crippen LogP contribution is -2.15. The molecule has 1 N–H and O–H groups in total. The van der Waals surface area contributed by atoms with Gasteiger partial charge in [0, 0.05) is 22.1 Å². The number of esters is 1. The number of anilines is 1. The zero-order valence-corrected chi connectivity index (χ0v) is 14.1. The molecule has 0 aliphatic carbocycles. The minimum atomic E-state index is -0.476. The second kappa shape index (κ2) is 8.60. The summed E-state index contributed by atoms with van der Waals surface area (Å²) in [6.45, 7) is 0. The molecule has 2 aromatic rings. The van der Waals surface area contributed by atoms with Gasteiger partial charge in [-0.25, -0.2) is 4.79 Å². The van der Waals surface area contributed by atoms with Gasteiger partial charge >= 0.3 is 5.97 Å². The molecule has 0 radical (unpaired) electrons. The second-order valence-corrected chi connectivity index (χ2v) is 6.24. The average Bonchev–Trinajstić information content (AvgIpc) is 2.56. The van der Waals surface area contributed by atoms with E-state index in [0.29, 0.717) is 28.4 Å². The highest BCUT2D eigenvalue weighted by atomic mass is 35.5. The quantitative estimate of drug-likeness (QED) is 0.625. The van der Waals surface area contributed by atoms with Crippen molar-refractivity contribution in [1.82, 2.24) is 0 Å². The molecule has 0 heterocycles. The topological polar surface area (TPSA) is 55.4 Å². The van der Waals surface area contributed by atoms with Crippen LogP contribution < -0.4 is 5.32 Å². The minimum Gasteiger partial charge on any atom is -0.465 e. The Labute approximate surface area is 144 Å². The van der Waals surface area contributed by atoms with Crippen molar-refractivity contribution in [1.29, 1.82) is 0 Å². The molecule has 0 atom stereocenters. The number of thioether (sulfide) groups is 1. The number of carbonyl (C=O) groups excluding carboxylic acids is 2. The standard InChI is InChI=1S/C17H16ClNO3S/c1-22-17(21)14-4-2-3-5-15(14)19-16(20)10-11-23-13-8-6-12(18)7-9-13/h2-9H,10-11H2,1H3,(H,19,20). The van der Waals surface area contributed by atoms with Gasteiger partial charge in [0.05, 0.1) is 18.4 Å². The van der Waals surface area contributed by atoms with Crippen molar-refractivity contribution in [3.05, 3.63) is 59.1 Å². The summed E-state index contributed by atoms with van der Waals surface area (Å²) in [5.41, 5.74) is 0.801. The van der Waals surface area contributed by atoms with Crippen LogP contribution in [0.5, 0.6) is 0 Å². The van der Waals surface area contributed by atoms with E-state index >= 15 is 0 Å². The first-order valence-electron chi connectivity index (χ1n) is 6.95. The third-order valence-electron chi connectivity index (χ3n) is 3.02. The molecule has 2 rings (SSSR count). The van der Waals surface area contributed by atoms with Gasteiger partial charge in [-0.15, -0.1) is 11.8 Å². The lowest BCUT2D eigenvalue weighted by molar-refractivity contribution is -0.115. The van der Waals surface area contributed by atoms with E-state index < -0.39 is 5.97 Å². The van der Waals surface area contributed by atoms with Gasteiger partial charge in [-0.1, -0.05) is 23.7 Å². The van der Waals surface area contributed by atoms with Crippen LogP contribution in [0.1, 0.15) is 16.8 Å². The fourth-order valence-electron chi connectivity index (χ4n) is 1.89. The van der Waals surface area contributed by atoms with Crippen LogP contribution in [-0.2, 0) is 9.53 Å². The minimum absolute atomic E-state index is 0.150. The molecule has 0 fully saturated rings. The van der Waals surface area contributed by atoms with E-state index in [1.807, 2.05) is 24.3 Å². The average molecular weight is 350 g/mol. The highest BCUT2D eigenvalue weighted by molar-refractivity contribution is 7.99.